The number of halogens is 1. The molecule has 0 atom stereocenters. The number of nitrogens with two attached hydrogens (primary N) is 1. The number of nitro groups is 1. The summed E-state index contributed by atoms with van der Waals surface area (Å²) in [5.74, 6) is -1.44. The molecule has 0 saturated carbocycles. The minimum absolute atomic E-state index is 0.0468. The van der Waals surface area contributed by atoms with Crippen LogP contribution in [-0.2, 0) is 0 Å². The van der Waals surface area contributed by atoms with Crippen LogP contribution < -0.4 is 5.73 Å². The van der Waals surface area contributed by atoms with E-state index >= 15 is 0 Å². The number of anilines is 1. The van der Waals surface area contributed by atoms with Crippen molar-refractivity contribution in [1.82, 2.24) is 0 Å². The maximum Gasteiger partial charge on any atom is 0.342 e. The van der Waals surface area contributed by atoms with Gasteiger partial charge < -0.3 is 10.8 Å². The zero-order chi connectivity index (χ0) is 12.9. The van der Waals surface area contributed by atoms with E-state index in [0.29, 0.717) is 0 Å². The quantitative estimate of drug-likeness (QED) is 0.474. The lowest BCUT2D eigenvalue weighted by Gasteiger charge is -2.01. The molecule has 0 unspecified atom stereocenters. The van der Waals surface area contributed by atoms with E-state index in [1.54, 1.807) is 0 Å². The second-order valence-corrected chi connectivity index (χ2v) is 2.89. The normalized spacial score (nSPS) is 8.94. The van der Waals surface area contributed by atoms with Gasteiger partial charge in [0.25, 0.3) is 0 Å². The number of hydrogen-bond acceptors (Lipinski definition) is 4. The Bertz CT molecular complexity index is 420. The Balaban J connectivity index is 0.00000106. The molecule has 0 aliphatic carbocycles. The third kappa shape index (κ3) is 3.09. The maximum absolute atomic E-state index is 10.6. The van der Waals surface area contributed by atoms with Crippen molar-refractivity contribution in [3.63, 3.8) is 0 Å². The molecule has 0 saturated heterocycles. The standard InChI is InChI=1S/C7H5ClN2O4.C2H6/c8-3-1-4(7(11)12)6(10(13)14)5(9)2-3;1-2/h1-2H,9H2,(H,11,12);1-2H3. The van der Waals surface area contributed by atoms with Gasteiger partial charge in [-0.2, -0.15) is 0 Å². The fourth-order valence-corrected chi connectivity index (χ4v) is 1.21. The summed E-state index contributed by atoms with van der Waals surface area (Å²) in [5.41, 5.74) is 3.86. The lowest BCUT2D eigenvalue weighted by atomic mass is 10.1. The highest BCUT2D eigenvalue weighted by Crippen LogP contribution is 2.29. The lowest BCUT2D eigenvalue weighted by molar-refractivity contribution is -0.384. The van der Waals surface area contributed by atoms with Gasteiger partial charge in [-0.3, -0.25) is 10.1 Å². The topological polar surface area (TPSA) is 106 Å². The highest BCUT2D eigenvalue weighted by molar-refractivity contribution is 6.31. The smallest absolute Gasteiger partial charge is 0.342 e. The van der Waals surface area contributed by atoms with E-state index in [4.69, 9.17) is 22.4 Å². The average molecular weight is 247 g/mol. The van der Waals surface area contributed by atoms with E-state index in [9.17, 15) is 14.9 Å². The summed E-state index contributed by atoms with van der Waals surface area (Å²) in [7, 11) is 0. The van der Waals surface area contributed by atoms with Gasteiger partial charge in [0.05, 0.1) is 4.92 Å². The fourth-order valence-electron chi connectivity index (χ4n) is 0.987. The highest BCUT2D eigenvalue weighted by atomic mass is 35.5. The lowest BCUT2D eigenvalue weighted by Crippen LogP contribution is -2.05. The van der Waals surface area contributed by atoms with Crippen molar-refractivity contribution in [3.8, 4) is 0 Å². The van der Waals surface area contributed by atoms with E-state index in [1.165, 1.54) is 0 Å². The van der Waals surface area contributed by atoms with Crippen LogP contribution in [0.1, 0.15) is 24.2 Å². The first kappa shape index (κ1) is 14.2. The predicted molar refractivity (Wildman–Crippen MR) is 60.8 cm³/mol. The van der Waals surface area contributed by atoms with Gasteiger partial charge in [0.1, 0.15) is 11.3 Å². The number of carboxylic acid groups (broad SMARTS) is 1. The second kappa shape index (κ2) is 5.92. The van der Waals surface area contributed by atoms with Crippen molar-refractivity contribution in [2.45, 2.75) is 13.8 Å². The number of benzene rings is 1. The molecule has 0 aliphatic rings. The molecule has 1 rings (SSSR count). The first-order chi connectivity index (χ1) is 7.43. The number of carboxylic acids is 1. The molecule has 0 fully saturated rings. The fraction of sp³-hybridized carbons (Fsp3) is 0.222. The van der Waals surface area contributed by atoms with Crippen LogP contribution in [0.5, 0.6) is 0 Å². The molecule has 0 spiro atoms. The van der Waals surface area contributed by atoms with Crippen molar-refractivity contribution < 1.29 is 14.8 Å². The molecular weight excluding hydrogens is 236 g/mol. The van der Waals surface area contributed by atoms with Crippen LogP contribution in [0.25, 0.3) is 0 Å². The van der Waals surface area contributed by atoms with Gasteiger partial charge >= 0.3 is 11.7 Å². The van der Waals surface area contributed by atoms with Crippen molar-refractivity contribution in [2.24, 2.45) is 0 Å². The van der Waals surface area contributed by atoms with Crippen LogP contribution >= 0.6 is 11.6 Å². The number of aromatic carboxylic acids is 1. The molecule has 88 valence electrons. The highest BCUT2D eigenvalue weighted by Gasteiger charge is 2.23. The van der Waals surface area contributed by atoms with Gasteiger partial charge in [-0.05, 0) is 12.1 Å². The van der Waals surface area contributed by atoms with Gasteiger partial charge in [-0.1, -0.05) is 25.4 Å². The third-order valence-electron chi connectivity index (χ3n) is 1.52. The molecule has 1 aromatic carbocycles. The van der Waals surface area contributed by atoms with Gasteiger partial charge in [0.15, 0.2) is 0 Å². The van der Waals surface area contributed by atoms with Gasteiger partial charge in [-0.25, -0.2) is 4.79 Å². The number of nitro benzene ring substituents is 1. The summed E-state index contributed by atoms with van der Waals surface area (Å²) < 4.78 is 0. The predicted octanol–water partition coefficient (Wildman–Crippen LogP) is 2.55. The van der Waals surface area contributed by atoms with Gasteiger partial charge in [0, 0.05) is 5.02 Å². The van der Waals surface area contributed by atoms with Crippen molar-refractivity contribution >= 4 is 28.9 Å². The Labute approximate surface area is 96.8 Å². The third-order valence-corrected chi connectivity index (χ3v) is 1.74. The average Bonchev–Trinajstić information content (AvgIpc) is 2.18. The summed E-state index contributed by atoms with van der Waals surface area (Å²) in [4.78, 5) is 20.2. The van der Waals surface area contributed by atoms with Crippen LogP contribution in [0.3, 0.4) is 0 Å². The van der Waals surface area contributed by atoms with Crippen molar-refractivity contribution in [3.05, 3.63) is 32.8 Å². The van der Waals surface area contributed by atoms with Crippen LogP contribution in [0, 0.1) is 10.1 Å². The molecule has 0 aliphatic heterocycles. The summed E-state index contributed by atoms with van der Waals surface area (Å²) in [6.07, 6.45) is 0. The molecular formula is C9H11ClN2O4. The molecule has 0 bridgehead atoms. The molecule has 0 aromatic heterocycles. The van der Waals surface area contributed by atoms with Gasteiger partial charge in [-0.15, -0.1) is 0 Å². The first-order valence-corrected chi connectivity index (χ1v) is 4.78. The molecule has 0 radical (unpaired) electrons. The summed E-state index contributed by atoms with van der Waals surface area (Å²) in [6, 6.07) is 2.12. The minimum atomic E-state index is -1.44. The van der Waals surface area contributed by atoms with E-state index in [2.05, 4.69) is 0 Å². The van der Waals surface area contributed by atoms with Crippen molar-refractivity contribution in [2.75, 3.05) is 5.73 Å². The van der Waals surface area contributed by atoms with Crippen molar-refractivity contribution in [1.29, 1.82) is 0 Å². The number of hydrogen-bond donors (Lipinski definition) is 2. The SMILES string of the molecule is CC.Nc1cc(Cl)cc(C(=O)O)c1[N+](=O)[O-]. The maximum atomic E-state index is 10.6. The Morgan fingerprint density at radius 1 is 1.50 bits per heavy atom. The Kier molecular flexibility index (Phi) is 5.24. The number of rotatable bonds is 2. The molecule has 0 amide bonds. The van der Waals surface area contributed by atoms with E-state index in [1.807, 2.05) is 13.8 Å². The Morgan fingerprint density at radius 2 is 2.00 bits per heavy atom. The zero-order valence-electron chi connectivity index (χ0n) is 8.73. The summed E-state index contributed by atoms with van der Waals surface area (Å²) in [6.45, 7) is 4.00. The van der Waals surface area contributed by atoms with Crippen LogP contribution in [0.2, 0.25) is 5.02 Å². The van der Waals surface area contributed by atoms with Crippen LogP contribution in [0.4, 0.5) is 11.4 Å². The summed E-state index contributed by atoms with van der Waals surface area (Å²) in [5, 5.41) is 19.2. The van der Waals surface area contributed by atoms with E-state index < -0.39 is 22.1 Å². The largest absolute Gasteiger partial charge is 0.477 e. The molecule has 1 aromatic rings. The van der Waals surface area contributed by atoms with Crippen LogP contribution in [-0.4, -0.2) is 16.0 Å². The number of nitrogen functional groups attached to an aromatic ring is 1. The Morgan fingerprint density at radius 3 is 2.38 bits per heavy atom. The summed E-state index contributed by atoms with van der Waals surface area (Å²) >= 11 is 5.50. The van der Waals surface area contributed by atoms with Crippen LogP contribution in [0.15, 0.2) is 12.1 Å². The monoisotopic (exact) mass is 246 g/mol. The second-order valence-electron chi connectivity index (χ2n) is 2.45. The molecule has 3 N–H and O–H groups in total. The number of nitrogens with zero attached hydrogens (tertiary/aromatic N) is 1. The number of carbonyl (C=O) groups is 1. The zero-order valence-corrected chi connectivity index (χ0v) is 9.49. The molecule has 6 nitrogen and oxygen atoms in total. The molecule has 0 heterocycles. The first-order valence-electron chi connectivity index (χ1n) is 4.40. The van der Waals surface area contributed by atoms with Gasteiger partial charge in [0.2, 0.25) is 0 Å². The molecule has 7 heteroatoms. The molecule has 16 heavy (non-hydrogen) atoms. The minimum Gasteiger partial charge on any atom is -0.477 e. The Hall–Kier alpha value is -1.82. The van der Waals surface area contributed by atoms with E-state index in [0.717, 1.165) is 12.1 Å². The van der Waals surface area contributed by atoms with E-state index in [-0.39, 0.29) is 10.7 Å².